The van der Waals surface area contributed by atoms with Crippen LogP contribution in [0.25, 0.3) is 0 Å². The lowest BCUT2D eigenvalue weighted by atomic mass is 10.1. The van der Waals surface area contributed by atoms with E-state index < -0.39 is 0 Å². The minimum Gasteiger partial charge on any atom is -0.396 e. The lowest BCUT2D eigenvalue weighted by molar-refractivity contribution is -0.133. The van der Waals surface area contributed by atoms with Crippen LogP contribution >= 0.6 is 0 Å². The number of rotatable bonds is 4. The average Bonchev–Trinajstić information content (AvgIpc) is 2.32. The summed E-state index contributed by atoms with van der Waals surface area (Å²) in [7, 11) is 0. The van der Waals surface area contributed by atoms with Gasteiger partial charge in [0.1, 0.15) is 0 Å². The van der Waals surface area contributed by atoms with Gasteiger partial charge in [-0.1, -0.05) is 13.8 Å². The molecule has 0 aromatic heterocycles. The Morgan fingerprint density at radius 3 is 2.81 bits per heavy atom. The van der Waals surface area contributed by atoms with Crippen molar-refractivity contribution in [1.29, 1.82) is 0 Å². The molecule has 0 bridgehead atoms. The lowest BCUT2D eigenvalue weighted by Crippen LogP contribution is -2.46. The Labute approximate surface area is 98.0 Å². The Bertz CT molecular complexity index is 231. The highest BCUT2D eigenvalue weighted by atomic mass is 16.3. The number of nitrogens with one attached hydrogen (secondary N) is 1. The summed E-state index contributed by atoms with van der Waals surface area (Å²) < 4.78 is 0. The van der Waals surface area contributed by atoms with E-state index in [0.29, 0.717) is 18.4 Å². The van der Waals surface area contributed by atoms with E-state index in [2.05, 4.69) is 26.1 Å². The molecule has 1 amide bonds. The molecular weight excluding hydrogens is 204 g/mol. The molecule has 2 atom stereocenters. The summed E-state index contributed by atoms with van der Waals surface area (Å²) in [5, 5.41) is 12.3. The normalized spacial score (nSPS) is 27.3. The minimum absolute atomic E-state index is 0.0612. The third kappa shape index (κ3) is 3.76. The third-order valence-corrected chi connectivity index (χ3v) is 2.93. The second kappa shape index (κ2) is 6.21. The molecule has 2 unspecified atom stereocenters. The molecule has 1 aliphatic rings. The Morgan fingerprint density at radius 2 is 2.25 bits per heavy atom. The van der Waals surface area contributed by atoms with E-state index in [4.69, 9.17) is 5.11 Å². The first-order chi connectivity index (χ1) is 7.54. The zero-order valence-electron chi connectivity index (χ0n) is 10.6. The summed E-state index contributed by atoms with van der Waals surface area (Å²) in [4.78, 5) is 14.1. The largest absolute Gasteiger partial charge is 0.396 e. The maximum Gasteiger partial charge on any atom is 0.239 e. The van der Waals surface area contributed by atoms with Gasteiger partial charge in [-0.05, 0) is 25.7 Å². The van der Waals surface area contributed by atoms with Crippen molar-refractivity contribution >= 4 is 5.91 Å². The average molecular weight is 228 g/mol. The van der Waals surface area contributed by atoms with Crippen molar-refractivity contribution in [3.63, 3.8) is 0 Å². The molecule has 1 fully saturated rings. The van der Waals surface area contributed by atoms with Gasteiger partial charge in [0.25, 0.3) is 0 Å². The second-order valence-corrected chi connectivity index (χ2v) is 5.10. The number of amides is 1. The van der Waals surface area contributed by atoms with E-state index in [0.717, 1.165) is 19.5 Å². The highest BCUT2D eigenvalue weighted by Crippen LogP contribution is 2.11. The van der Waals surface area contributed by atoms with Gasteiger partial charge in [0.05, 0.1) is 6.04 Å². The Hall–Kier alpha value is -0.610. The molecule has 0 spiro atoms. The van der Waals surface area contributed by atoms with Crippen molar-refractivity contribution in [1.82, 2.24) is 10.2 Å². The van der Waals surface area contributed by atoms with Crippen LogP contribution in [-0.4, -0.2) is 47.7 Å². The van der Waals surface area contributed by atoms with Crippen molar-refractivity contribution in [3.05, 3.63) is 0 Å². The van der Waals surface area contributed by atoms with Crippen LogP contribution in [0.3, 0.4) is 0 Å². The van der Waals surface area contributed by atoms with Crippen LogP contribution in [0, 0.1) is 5.92 Å². The Balaban J connectivity index is 2.66. The van der Waals surface area contributed by atoms with E-state index in [9.17, 15) is 4.79 Å². The summed E-state index contributed by atoms with van der Waals surface area (Å²) in [5.74, 6) is 0.638. The van der Waals surface area contributed by atoms with Gasteiger partial charge < -0.3 is 15.3 Å². The van der Waals surface area contributed by atoms with Crippen LogP contribution in [0.15, 0.2) is 0 Å². The summed E-state index contributed by atoms with van der Waals surface area (Å²) in [6.07, 6.45) is 1.50. The van der Waals surface area contributed by atoms with E-state index >= 15 is 0 Å². The molecule has 0 aromatic rings. The highest BCUT2D eigenvalue weighted by molar-refractivity contribution is 5.82. The van der Waals surface area contributed by atoms with Gasteiger partial charge in [-0.15, -0.1) is 0 Å². The maximum absolute atomic E-state index is 12.2. The van der Waals surface area contributed by atoms with Crippen LogP contribution in [-0.2, 0) is 4.79 Å². The summed E-state index contributed by atoms with van der Waals surface area (Å²) in [5.41, 5.74) is 0. The molecular formula is C12H24N2O2. The number of carbonyl (C=O) groups is 1. The third-order valence-electron chi connectivity index (χ3n) is 2.93. The molecule has 1 heterocycles. The van der Waals surface area contributed by atoms with Crippen LogP contribution in [0.4, 0.5) is 0 Å². The quantitative estimate of drug-likeness (QED) is 0.741. The van der Waals surface area contributed by atoms with Crippen molar-refractivity contribution in [2.45, 2.75) is 45.7 Å². The molecule has 0 radical (unpaired) electrons. The molecule has 0 aromatic carbocycles. The van der Waals surface area contributed by atoms with Gasteiger partial charge in [-0.2, -0.15) is 0 Å². The van der Waals surface area contributed by atoms with Crippen LogP contribution in [0.2, 0.25) is 0 Å². The molecule has 4 heteroatoms. The highest BCUT2D eigenvalue weighted by Gasteiger charge is 2.28. The summed E-state index contributed by atoms with van der Waals surface area (Å²) in [6, 6.07) is 0.138. The van der Waals surface area contributed by atoms with Crippen molar-refractivity contribution in [3.8, 4) is 0 Å². The number of hydrogen-bond donors (Lipinski definition) is 2. The first-order valence-corrected chi connectivity index (χ1v) is 6.20. The molecule has 1 rings (SSSR count). The molecule has 16 heavy (non-hydrogen) atoms. The maximum atomic E-state index is 12.2. The number of aliphatic hydroxyl groups excluding tert-OH is 1. The van der Waals surface area contributed by atoms with E-state index in [-0.39, 0.29) is 18.6 Å². The van der Waals surface area contributed by atoms with Crippen LogP contribution in [0.5, 0.6) is 0 Å². The predicted octanol–water partition coefficient (Wildman–Crippen LogP) is 0.604. The molecule has 94 valence electrons. The zero-order chi connectivity index (χ0) is 12.1. The topological polar surface area (TPSA) is 52.6 Å². The monoisotopic (exact) mass is 228 g/mol. The molecule has 1 aliphatic heterocycles. The smallest absolute Gasteiger partial charge is 0.239 e. The fourth-order valence-electron chi connectivity index (χ4n) is 2.14. The van der Waals surface area contributed by atoms with Crippen LogP contribution < -0.4 is 5.32 Å². The standard InChI is InChI=1S/C12H24N2O2/c1-9(2)8-14-6-4-10(3)13-11(5-7-15)12(14)16/h9-11,13,15H,4-8H2,1-3H3. The fourth-order valence-corrected chi connectivity index (χ4v) is 2.14. The van der Waals surface area contributed by atoms with Crippen molar-refractivity contribution in [2.24, 2.45) is 5.92 Å². The molecule has 4 nitrogen and oxygen atoms in total. The number of nitrogens with zero attached hydrogens (tertiary/aromatic N) is 1. The fraction of sp³-hybridized carbons (Fsp3) is 0.917. The molecule has 0 saturated carbocycles. The first kappa shape index (κ1) is 13.5. The van der Waals surface area contributed by atoms with Gasteiger partial charge in [0.2, 0.25) is 5.91 Å². The van der Waals surface area contributed by atoms with E-state index in [1.165, 1.54) is 0 Å². The van der Waals surface area contributed by atoms with Gasteiger partial charge in [0.15, 0.2) is 0 Å². The molecule has 0 aliphatic carbocycles. The van der Waals surface area contributed by atoms with E-state index in [1.807, 2.05) is 4.90 Å². The Morgan fingerprint density at radius 1 is 1.56 bits per heavy atom. The number of aliphatic hydroxyl groups is 1. The van der Waals surface area contributed by atoms with Gasteiger partial charge in [0, 0.05) is 25.7 Å². The zero-order valence-corrected chi connectivity index (χ0v) is 10.6. The minimum atomic E-state index is -0.207. The molecule has 1 saturated heterocycles. The van der Waals surface area contributed by atoms with Gasteiger partial charge in [-0.25, -0.2) is 0 Å². The lowest BCUT2D eigenvalue weighted by Gasteiger charge is -2.25. The SMILES string of the molecule is CC(C)CN1CCC(C)NC(CCO)C1=O. The molecule has 2 N–H and O–H groups in total. The number of hydrogen-bond acceptors (Lipinski definition) is 3. The summed E-state index contributed by atoms with van der Waals surface area (Å²) >= 11 is 0. The number of carbonyl (C=O) groups excluding carboxylic acids is 1. The summed E-state index contributed by atoms with van der Waals surface area (Å²) in [6.45, 7) is 8.04. The second-order valence-electron chi connectivity index (χ2n) is 5.10. The predicted molar refractivity (Wildman–Crippen MR) is 64.1 cm³/mol. The van der Waals surface area contributed by atoms with Crippen molar-refractivity contribution < 1.29 is 9.90 Å². The van der Waals surface area contributed by atoms with Gasteiger partial charge in [-0.3, -0.25) is 4.79 Å². The van der Waals surface area contributed by atoms with Crippen LogP contribution in [0.1, 0.15) is 33.6 Å². The van der Waals surface area contributed by atoms with E-state index in [1.54, 1.807) is 0 Å². The first-order valence-electron chi connectivity index (χ1n) is 6.20. The van der Waals surface area contributed by atoms with Gasteiger partial charge >= 0.3 is 0 Å². The Kier molecular flexibility index (Phi) is 5.22. The van der Waals surface area contributed by atoms with Crippen molar-refractivity contribution in [2.75, 3.05) is 19.7 Å².